The van der Waals surface area contributed by atoms with Crippen molar-refractivity contribution < 1.29 is 9.15 Å². The van der Waals surface area contributed by atoms with Crippen LogP contribution in [0.3, 0.4) is 0 Å². The third-order valence-electron chi connectivity index (χ3n) is 5.95. The van der Waals surface area contributed by atoms with Crippen molar-refractivity contribution in [3.8, 4) is 17.1 Å². The van der Waals surface area contributed by atoms with E-state index in [1.165, 1.54) is 11.1 Å². The SMILES string of the molecule is CCOc1ccc(-c2ccc([C@@H]3[C@H](c4ccccn4)NC(=S)N3c3cc(C)cc(C)c3)o2)cc1. The molecule has 2 aromatic heterocycles. The van der Waals surface area contributed by atoms with Crippen LogP contribution >= 0.6 is 12.2 Å². The zero-order valence-corrected chi connectivity index (χ0v) is 20.3. The molecule has 1 aliphatic rings. The summed E-state index contributed by atoms with van der Waals surface area (Å²) < 4.78 is 12.0. The lowest BCUT2D eigenvalue weighted by molar-refractivity contribution is 0.340. The second-order valence-corrected chi connectivity index (χ2v) is 8.89. The smallest absolute Gasteiger partial charge is 0.174 e. The van der Waals surface area contributed by atoms with Crippen LogP contribution < -0.4 is 15.0 Å². The molecule has 1 saturated heterocycles. The van der Waals surface area contributed by atoms with Crippen LogP contribution in [0.4, 0.5) is 5.69 Å². The van der Waals surface area contributed by atoms with Gasteiger partial charge in [-0.3, -0.25) is 4.98 Å². The van der Waals surface area contributed by atoms with Crippen LogP contribution in [0.2, 0.25) is 0 Å². The molecular formula is C28H27N3O2S. The summed E-state index contributed by atoms with van der Waals surface area (Å²) in [6.07, 6.45) is 1.81. The Hall–Kier alpha value is -3.64. The first-order valence-electron chi connectivity index (χ1n) is 11.5. The van der Waals surface area contributed by atoms with Crippen molar-refractivity contribution in [2.45, 2.75) is 32.9 Å². The van der Waals surface area contributed by atoms with Gasteiger partial charge in [-0.25, -0.2) is 0 Å². The second kappa shape index (κ2) is 9.31. The molecule has 0 saturated carbocycles. The molecule has 0 bridgehead atoms. The van der Waals surface area contributed by atoms with E-state index in [2.05, 4.69) is 47.2 Å². The third kappa shape index (κ3) is 4.29. The number of thiocarbonyl (C=S) groups is 1. The van der Waals surface area contributed by atoms with Crippen LogP contribution in [0.5, 0.6) is 5.75 Å². The number of nitrogens with zero attached hydrogens (tertiary/aromatic N) is 2. The summed E-state index contributed by atoms with van der Waals surface area (Å²) in [6.45, 7) is 6.82. The monoisotopic (exact) mass is 469 g/mol. The summed E-state index contributed by atoms with van der Waals surface area (Å²) in [7, 11) is 0. The Morgan fingerprint density at radius 1 is 1.00 bits per heavy atom. The Bertz CT molecular complexity index is 1280. The fraction of sp³-hybridized carbons (Fsp3) is 0.214. The Kier molecular flexibility index (Phi) is 6.07. The molecule has 4 aromatic rings. The molecule has 34 heavy (non-hydrogen) atoms. The molecule has 3 heterocycles. The van der Waals surface area contributed by atoms with E-state index in [9.17, 15) is 0 Å². The molecule has 0 spiro atoms. The lowest BCUT2D eigenvalue weighted by atomic mass is 10.0. The zero-order chi connectivity index (χ0) is 23.7. The molecule has 1 aliphatic heterocycles. The molecule has 1 fully saturated rings. The summed E-state index contributed by atoms with van der Waals surface area (Å²) in [5, 5.41) is 4.15. The Balaban J connectivity index is 1.56. The van der Waals surface area contributed by atoms with Crippen molar-refractivity contribution >= 4 is 23.0 Å². The highest BCUT2D eigenvalue weighted by Crippen LogP contribution is 2.43. The van der Waals surface area contributed by atoms with Gasteiger partial charge in [-0.1, -0.05) is 12.1 Å². The van der Waals surface area contributed by atoms with Gasteiger partial charge in [0.1, 0.15) is 23.3 Å². The van der Waals surface area contributed by atoms with E-state index < -0.39 is 0 Å². The number of furan rings is 1. The predicted octanol–water partition coefficient (Wildman–Crippen LogP) is 6.53. The van der Waals surface area contributed by atoms with Crippen LogP contribution in [0.25, 0.3) is 11.3 Å². The van der Waals surface area contributed by atoms with Crippen LogP contribution in [0, 0.1) is 13.8 Å². The van der Waals surface area contributed by atoms with Gasteiger partial charge >= 0.3 is 0 Å². The van der Waals surface area contributed by atoms with Crippen LogP contribution in [0.1, 0.15) is 41.6 Å². The highest BCUT2D eigenvalue weighted by atomic mass is 32.1. The lowest BCUT2D eigenvalue weighted by Crippen LogP contribution is -2.29. The van der Waals surface area contributed by atoms with Gasteiger partial charge < -0.3 is 19.4 Å². The molecule has 1 N–H and O–H groups in total. The van der Waals surface area contributed by atoms with E-state index >= 15 is 0 Å². The maximum absolute atomic E-state index is 6.46. The van der Waals surface area contributed by atoms with Crippen molar-refractivity contribution in [2.75, 3.05) is 11.5 Å². The Labute approximate surface area is 205 Å². The molecule has 5 nitrogen and oxygen atoms in total. The molecule has 172 valence electrons. The minimum atomic E-state index is -0.181. The first-order chi connectivity index (χ1) is 16.5. The molecule has 0 aliphatic carbocycles. The number of pyridine rings is 1. The quantitative estimate of drug-likeness (QED) is 0.324. The highest BCUT2D eigenvalue weighted by Gasteiger charge is 2.42. The van der Waals surface area contributed by atoms with E-state index in [4.69, 9.17) is 21.4 Å². The summed E-state index contributed by atoms with van der Waals surface area (Å²) in [5.41, 5.74) is 5.33. The zero-order valence-electron chi connectivity index (χ0n) is 19.5. The number of rotatable bonds is 6. The molecule has 0 radical (unpaired) electrons. The number of anilines is 1. The number of aromatic nitrogens is 1. The standard InChI is InChI=1S/C28H27N3O2S/c1-4-32-22-10-8-20(9-11-22)24-12-13-25(33-24)27-26(23-7-5-6-14-29-23)30-28(34)31(27)21-16-18(2)15-19(3)17-21/h5-17,26-27H,4H2,1-3H3,(H,30,34)/t26-,27+/m0/s1. The average molecular weight is 470 g/mol. The van der Waals surface area contributed by atoms with Gasteiger partial charge in [0.2, 0.25) is 0 Å². The number of hydrogen-bond donors (Lipinski definition) is 1. The number of ether oxygens (including phenoxy) is 1. The van der Waals surface area contributed by atoms with Crippen molar-refractivity contribution in [2.24, 2.45) is 0 Å². The van der Waals surface area contributed by atoms with E-state index in [-0.39, 0.29) is 12.1 Å². The summed E-state index contributed by atoms with van der Waals surface area (Å²) in [6, 6.07) is 24.1. The second-order valence-electron chi connectivity index (χ2n) is 8.50. The maximum atomic E-state index is 6.46. The van der Waals surface area contributed by atoms with E-state index in [0.717, 1.165) is 34.2 Å². The van der Waals surface area contributed by atoms with Crippen molar-refractivity contribution in [1.29, 1.82) is 0 Å². The van der Waals surface area contributed by atoms with Crippen molar-refractivity contribution in [1.82, 2.24) is 10.3 Å². The van der Waals surface area contributed by atoms with Crippen LogP contribution in [-0.4, -0.2) is 16.7 Å². The predicted molar refractivity (Wildman–Crippen MR) is 139 cm³/mol. The fourth-order valence-corrected chi connectivity index (χ4v) is 4.91. The molecule has 0 unspecified atom stereocenters. The molecular weight excluding hydrogens is 442 g/mol. The fourth-order valence-electron chi connectivity index (χ4n) is 4.56. The Morgan fingerprint density at radius 3 is 2.44 bits per heavy atom. The summed E-state index contributed by atoms with van der Waals surface area (Å²) in [4.78, 5) is 6.77. The summed E-state index contributed by atoms with van der Waals surface area (Å²) in [5.74, 6) is 2.47. The van der Waals surface area contributed by atoms with Gasteiger partial charge in [-0.2, -0.15) is 0 Å². The highest BCUT2D eigenvalue weighted by molar-refractivity contribution is 7.80. The van der Waals surface area contributed by atoms with Gasteiger partial charge in [-0.15, -0.1) is 0 Å². The first-order valence-corrected chi connectivity index (χ1v) is 11.9. The van der Waals surface area contributed by atoms with Crippen LogP contribution in [0.15, 0.2) is 83.4 Å². The van der Waals surface area contributed by atoms with Gasteiger partial charge in [0.25, 0.3) is 0 Å². The molecule has 2 aromatic carbocycles. The van der Waals surface area contributed by atoms with E-state index in [1.54, 1.807) is 0 Å². The first kappa shape index (κ1) is 22.2. The molecule has 5 rings (SSSR count). The topological polar surface area (TPSA) is 50.5 Å². The van der Waals surface area contributed by atoms with Crippen molar-refractivity contribution in [3.05, 3.63) is 102 Å². The largest absolute Gasteiger partial charge is 0.494 e. The molecule has 0 amide bonds. The number of hydrogen-bond acceptors (Lipinski definition) is 4. The third-order valence-corrected chi connectivity index (χ3v) is 6.27. The van der Waals surface area contributed by atoms with Gasteiger partial charge in [0, 0.05) is 17.4 Å². The maximum Gasteiger partial charge on any atom is 0.174 e. The Morgan fingerprint density at radius 2 is 1.76 bits per heavy atom. The minimum absolute atomic E-state index is 0.145. The van der Waals surface area contributed by atoms with Gasteiger partial charge in [0.15, 0.2) is 5.11 Å². The summed E-state index contributed by atoms with van der Waals surface area (Å²) >= 11 is 5.83. The van der Waals surface area contributed by atoms with Crippen LogP contribution in [-0.2, 0) is 0 Å². The van der Waals surface area contributed by atoms with E-state index in [0.29, 0.717) is 11.7 Å². The lowest BCUT2D eigenvalue weighted by Gasteiger charge is -2.26. The molecule has 2 atom stereocenters. The van der Waals surface area contributed by atoms with E-state index in [1.807, 2.05) is 67.7 Å². The average Bonchev–Trinajstić information content (AvgIpc) is 3.44. The minimum Gasteiger partial charge on any atom is -0.494 e. The number of nitrogens with one attached hydrogen (secondary N) is 1. The van der Waals surface area contributed by atoms with Crippen molar-refractivity contribution in [3.63, 3.8) is 0 Å². The normalized spacial score (nSPS) is 17.6. The van der Waals surface area contributed by atoms with Gasteiger partial charge in [-0.05, 0) is 105 Å². The number of benzene rings is 2. The van der Waals surface area contributed by atoms with Gasteiger partial charge in [0.05, 0.1) is 18.3 Å². The number of aryl methyl sites for hydroxylation is 2. The molecule has 6 heteroatoms.